The lowest BCUT2D eigenvalue weighted by molar-refractivity contribution is 0.483. The van der Waals surface area contributed by atoms with Crippen LogP contribution in [0.2, 0.25) is 5.02 Å². The standard InChI is InChI=1S/C16H20ClIN2O/c1-11(2)9-19-7-3-4-16-20-10-15(21-16)12-5-6-14(18)13(17)8-12/h5-6,8,10-11,19H,3-4,7,9H2,1-2H3. The van der Waals surface area contributed by atoms with Crippen LogP contribution in [-0.4, -0.2) is 18.1 Å². The average molecular weight is 419 g/mol. The third kappa shape index (κ3) is 5.27. The maximum absolute atomic E-state index is 6.14. The van der Waals surface area contributed by atoms with E-state index >= 15 is 0 Å². The Morgan fingerprint density at radius 3 is 2.90 bits per heavy atom. The molecular formula is C16H20ClIN2O. The van der Waals surface area contributed by atoms with Crippen LogP contribution in [0.3, 0.4) is 0 Å². The largest absolute Gasteiger partial charge is 0.441 e. The Labute approximate surface area is 144 Å². The highest BCUT2D eigenvalue weighted by atomic mass is 127. The predicted molar refractivity (Wildman–Crippen MR) is 95.7 cm³/mol. The van der Waals surface area contributed by atoms with Gasteiger partial charge in [-0.15, -0.1) is 0 Å². The molecular weight excluding hydrogens is 399 g/mol. The van der Waals surface area contributed by atoms with Crippen molar-refractivity contribution < 1.29 is 4.42 Å². The Morgan fingerprint density at radius 1 is 1.38 bits per heavy atom. The minimum absolute atomic E-state index is 0.684. The van der Waals surface area contributed by atoms with Crippen LogP contribution < -0.4 is 5.32 Å². The molecule has 0 fully saturated rings. The van der Waals surface area contributed by atoms with E-state index < -0.39 is 0 Å². The summed E-state index contributed by atoms with van der Waals surface area (Å²) in [5.41, 5.74) is 0.970. The van der Waals surface area contributed by atoms with Crippen molar-refractivity contribution in [2.75, 3.05) is 13.1 Å². The van der Waals surface area contributed by atoms with Crippen molar-refractivity contribution in [2.24, 2.45) is 5.92 Å². The highest BCUT2D eigenvalue weighted by Gasteiger charge is 2.08. The van der Waals surface area contributed by atoms with Crippen LogP contribution in [0.4, 0.5) is 0 Å². The summed E-state index contributed by atoms with van der Waals surface area (Å²) in [5.74, 6) is 2.24. The molecule has 0 atom stereocenters. The molecule has 2 aromatic rings. The predicted octanol–water partition coefficient (Wildman–Crippen LogP) is 4.78. The first-order chi connectivity index (χ1) is 10.1. The molecule has 21 heavy (non-hydrogen) atoms. The zero-order valence-corrected chi connectivity index (χ0v) is 15.2. The molecule has 0 bridgehead atoms. The van der Waals surface area contributed by atoms with Crippen molar-refractivity contribution in [3.05, 3.63) is 38.9 Å². The Kier molecular flexibility index (Phi) is 6.51. The highest BCUT2D eigenvalue weighted by Crippen LogP contribution is 2.27. The van der Waals surface area contributed by atoms with E-state index in [1.807, 2.05) is 18.2 Å². The summed E-state index contributed by atoms with van der Waals surface area (Å²) in [6.07, 6.45) is 3.65. The second-order valence-corrected chi connectivity index (χ2v) is 7.02. The van der Waals surface area contributed by atoms with Gasteiger partial charge in [0, 0.05) is 15.6 Å². The number of rotatable bonds is 7. The maximum Gasteiger partial charge on any atom is 0.194 e. The fraction of sp³-hybridized carbons (Fsp3) is 0.438. The molecule has 114 valence electrons. The van der Waals surface area contributed by atoms with Crippen molar-refractivity contribution in [1.82, 2.24) is 10.3 Å². The number of halogens is 2. The summed E-state index contributed by atoms with van der Waals surface area (Å²) in [4.78, 5) is 4.34. The molecule has 1 N–H and O–H groups in total. The van der Waals surface area contributed by atoms with Crippen LogP contribution in [0.5, 0.6) is 0 Å². The number of hydrogen-bond donors (Lipinski definition) is 1. The summed E-state index contributed by atoms with van der Waals surface area (Å²) in [5, 5.41) is 4.16. The van der Waals surface area contributed by atoms with Gasteiger partial charge in [0.15, 0.2) is 11.7 Å². The fourth-order valence-electron chi connectivity index (χ4n) is 1.96. The van der Waals surface area contributed by atoms with E-state index in [0.717, 1.165) is 51.7 Å². The lowest BCUT2D eigenvalue weighted by Gasteiger charge is -2.05. The molecule has 0 unspecified atom stereocenters. The van der Waals surface area contributed by atoms with Gasteiger partial charge in [0.2, 0.25) is 0 Å². The summed E-state index contributed by atoms with van der Waals surface area (Å²) in [7, 11) is 0. The van der Waals surface area contributed by atoms with E-state index in [1.165, 1.54) is 0 Å². The van der Waals surface area contributed by atoms with Crippen molar-refractivity contribution in [3.8, 4) is 11.3 Å². The topological polar surface area (TPSA) is 38.1 Å². The van der Waals surface area contributed by atoms with Gasteiger partial charge in [0.05, 0.1) is 11.2 Å². The average Bonchev–Trinajstić information content (AvgIpc) is 2.90. The van der Waals surface area contributed by atoms with Crippen LogP contribution in [0.25, 0.3) is 11.3 Å². The van der Waals surface area contributed by atoms with Crippen LogP contribution in [0.1, 0.15) is 26.2 Å². The van der Waals surface area contributed by atoms with Gasteiger partial charge >= 0.3 is 0 Å². The van der Waals surface area contributed by atoms with Gasteiger partial charge in [-0.25, -0.2) is 4.98 Å². The second-order valence-electron chi connectivity index (χ2n) is 5.45. The molecule has 3 nitrogen and oxygen atoms in total. The first-order valence-electron chi connectivity index (χ1n) is 7.17. The first kappa shape index (κ1) is 16.8. The van der Waals surface area contributed by atoms with Crippen LogP contribution >= 0.6 is 34.2 Å². The summed E-state index contributed by atoms with van der Waals surface area (Å²) in [6.45, 7) is 6.46. The summed E-state index contributed by atoms with van der Waals surface area (Å²) in [6, 6.07) is 5.90. The van der Waals surface area contributed by atoms with Gasteiger partial charge in [-0.3, -0.25) is 0 Å². The number of oxazole rings is 1. The summed E-state index contributed by atoms with van der Waals surface area (Å²) >= 11 is 8.35. The van der Waals surface area contributed by atoms with Crippen LogP contribution in [0.15, 0.2) is 28.8 Å². The number of nitrogens with one attached hydrogen (secondary N) is 1. The van der Waals surface area contributed by atoms with E-state index in [1.54, 1.807) is 6.20 Å². The molecule has 0 radical (unpaired) electrons. The first-order valence-corrected chi connectivity index (χ1v) is 8.63. The molecule has 0 saturated heterocycles. The Hall–Kier alpha value is -0.590. The van der Waals surface area contributed by atoms with Crippen LogP contribution in [-0.2, 0) is 6.42 Å². The minimum Gasteiger partial charge on any atom is -0.441 e. The maximum atomic E-state index is 6.14. The van der Waals surface area contributed by atoms with Crippen LogP contribution in [0, 0.1) is 9.49 Å². The van der Waals surface area contributed by atoms with Gasteiger partial charge in [0.25, 0.3) is 0 Å². The molecule has 1 heterocycles. The molecule has 0 amide bonds. The molecule has 0 spiro atoms. The van der Waals surface area contributed by atoms with E-state index in [2.05, 4.69) is 46.7 Å². The van der Waals surface area contributed by atoms with Crippen molar-refractivity contribution >= 4 is 34.2 Å². The van der Waals surface area contributed by atoms with Crippen molar-refractivity contribution in [2.45, 2.75) is 26.7 Å². The Morgan fingerprint density at radius 2 is 2.19 bits per heavy atom. The lowest BCUT2D eigenvalue weighted by Crippen LogP contribution is -2.21. The molecule has 0 aliphatic carbocycles. The Bertz CT molecular complexity index is 583. The van der Waals surface area contributed by atoms with Crippen molar-refractivity contribution in [1.29, 1.82) is 0 Å². The number of aryl methyl sites for hydroxylation is 1. The smallest absolute Gasteiger partial charge is 0.194 e. The Balaban J connectivity index is 1.87. The van der Waals surface area contributed by atoms with Gasteiger partial charge in [-0.2, -0.15) is 0 Å². The third-order valence-electron chi connectivity index (χ3n) is 3.05. The number of nitrogens with zero attached hydrogens (tertiary/aromatic N) is 1. The van der Waals surface area contributed by atoms with Gasteiger partial charge in [-0.05, 0) is 60.2 Å². The highest BCUT2D eigenvalue weighted by molar-refractivity contribution is 14.1. The van der Waals surface area contributed by atoms with E-state index in [4.69, 9.17) is 16.0 Å². The lowest BCUT2D eigenvalue weighted by atomic mass is 10.2. The number of aromatic nitrogens is 1. The summed E-state index contributed by atoms with van der Waals surface area (Å²) < 4.78 is 6.83. The molecule has 1 aromatic carbocycles. The fourth-order valence-corrected chi connectivity index (χ4v) is 2.48. The number of benzene rings is 1. The molecule has 1 aromatic heterocycles. The molecule has 5 heteroatoms. The zero-order chi connectivity index (χ0) is 15.2. The molecule has 2 rings (SSSR count). The molecule has 0 aliphatic heterocycles. The van der Waals surface area contributed by atoms with Crippen molar-refractivity contribution in [3.63, 3.8) is 0 Å². The SMILES string of the molecule is CC(C)CNCCCc1ncc(-c2ccc(I)c(Cl)c2)o1. The van der Waals surface area contributed by atoms with E-state index in [9.17, 15) is 0 Å². The quantitative estimate of drug-likeness (QED) is 0.519. The van der Waals surface area contributed by atoms with Gasteiger partial charge in [-0.1, -0.05) is 31.5 Å². The van der Waals surface area contributed by atoms with Gasteiger partial charge < -0.3 is 9.73 Å². The minimum atomic E-state index is 0.684. The zero-order valence-electron chi connectivity index (χ0n) is 12.3. The third-order valence-corrected chi connectivity index (χ3v) is 4.63. The normalized spacial score (nSPS) is 11.3. The number of hydrogen-bond acceptors (Lipinski definition) is 3. The molecule has 0 aliphatic rings. The van der Waals surface area contributed by atoms with E-state index in [0.29, 0.717) is 5.92 Å². The molecule has 0 saturated carbocycles. The second kappa shape index (κ2) is 8.15. The van der Waals surface area contributed by atoms with E-state index in [-0.39, 0.29) is 0 Å². The monoisotopic (exact) mass is 418 g/mol. The van der Waals surface area contributed by atoms with Gasteiger partial charge in [0.1, 0.15) is 0 Å².